The van der Waals surface area contributed by atoms with E-state index < -0.39 is 15.6 Å². The molecule has 4 rings (SSSR count). The molecular formula is C30H43N3O4S. The first kappa shape index (κ1) is 28.6. The van der Waals surface area contributed by atoms with Gasteiger partial charge in [0.1, 0.15) is 5.60 Å². The van der Waals surface area contributed by atoms with E-state index in [1.54, 1.807) is 31.3 Å². The summed E-state index contributed by atoms with van der Waals surface area (Å²) in [6.45, 7) is 12.6. The van der Waals surface area contributed by atoms with E-state index in [1.165, 1.54) is 4.31 Å². The van der Waals surface area contributed by atoms with E-state index in [0.717, 1.165) is 51.1 Å². The number of carbonyl (C=O) groups excluding carboxylic acids is 1. The molecule has 2 aliphatic heterocycles. The highest BCUT2D eigenvalue weighted by Gasteiger charge is 2.41. The average Bonchev–Trinajstić information content (AvgIpc) is 3.31. The van der Waals surface area contributed by atoms with Crippen molar-refractivity contribution in [3.05, 3.63) is 66.2 Å². The molecule has 1 amide bonds. The van der Waals surface area contributed by atoms with Gasteiger partial charge in [0.05, 0.1) is 4.90 Å². The Morgan fingerprint density at radius 2 is 1.55 bits per heavy atom. The smallest absolute Gasteiger partial charge is 0.410 e. The van der Waals surface area contributed by atoms with E-state index in [1.807, 2.05) is 49.9 Å². The number of ether oxygens (including phenoxy) is 1. The fourth-order valence-electron chi connectivity index (χ4n) is 5.83. The topological polar surface area (TPSA) is 70.2 Å². The van der Waals surface area contributed by atoms with Crippen LogP contribution in [-0.2, 0) is 20.2 Å². The van der Waals surface area contributed by atoms with E-state index in [4.69, 9.17) is 4.74 Å². The van der Waals surface area contributed by atoms with Crippen LogP contribution in [0.15, 0.2) is 65.6 Å². The summed E-state index contributed by atoms with van der Waals surface area (Å²) in [6.07, 6.45) is 1.69. The molecule has 208 valence electrons. The summed E-state index contributed by atoms with van der Waals surface area (Å²) in [6, 6.07) is 18.9. The van der Waals surface area contributed by atoms with Crippen LogP contribution in [0.2, 0.25) is 0 Å². The number of likely N-dealkylation sites (N-methyl/N-ethyl adjacent to an activating group) is 1. The normalized spacial score (nSPS) is 22.2. The quantitative estimate of drug-likeness (QED) is 0.478. The molecular weight excluding hydrogens is 498 g/mol. The maximum Gasteiger partial charge on any atom is 0.410 e. The molecule has 2 aromatic carbocycles. The lowest BCUT2D eigenvalue weighted by molar-refractivity contribution is 0.0284. The van der Waals surface area contributed by atoms with Gasteiger partial charge in [-0.15, -0.1) is 0 Å². The Labute approximate surface area is 228 Å². The van der Waals surface area contributed by atoms with Crippen LogP contribution >= 0.6 is 0 Å². The molecule has 2 aromatic rings. The Hall–Kier alpha value is -2.42. The highest BCUT2D eigenvalue weighted by atomic mass is 32.2. The van der Waals surface area contributed by atoms with Gasteiger partial charge in [0.2, 0.25) is 10.0 Å². The summed E-state index contributed by atoms with van der Waals surface area (Å²) in [5, 5.41) is 0. The van der Waals surface area contributed by atoms with Crippen LogP contribution in [0.3, 0.4) is 0 Å². The Kier molecular flexibility index (Phi) is 8.55. The van der Waals surface area contributed by atoms with Crippen molar-refractivity contribution >= 4 is 16.1 Å². The molecule has 0 saturated carbocycles. The van der Waals surface area contributed by atoms with Crippen molar-refractivity contribution in [3.8, 4) is 0 Å². The third-order valence-corrected chi connectivity index (χ3v) is 9.83. The van der Waals surface area contributed by atoms with Crippen molar-refractivity contribution in [1.29, 1.82) is 0 Å². The van der Waals surface area contributed by atoms with Gasteiger partial charge in [0.15, 0.2) is 0 Å². The van der Waals surface area contributed by atoms with Gasteiger partial charge in [-0.3, -0.25) is 0 Å². The average molecular weight is 542 g/mol. The van der Waals surface area contributed by atoms with E-state index in [2.05, 4.69) is 24.0 Å². The number of piperidine rings is 1. The number of rotatable bonds is 8. The molecule has 2 heterocycles. The molecule has 8 heteroatoms. The van der Waals surface area contributed by atoms with Crippen LogP contribution in [0.1, 0.15) is 46.1 Å². The van der Waals surface area contributed by atoms with Crippen molar-refractivity contribution in [1.82, 2.24) is 14.1 Å². The van der Waals surface area contributed by atoms with Gasteiger partial charge >= 0.3 is 6.09 Å². The second-order valence-corrected chi connectivity index (χ2v) is 14.3. The number of sulfonamides is 1. The van der Waals surface area contributed by atoms with Crippen molar-refractivity contribution < 1.29 is 17.9 Å². The molecule has 2 fully saturated rings. The Morgan fingerprint density at radius 3 is 2.18 bits per heavy atom. The third-order valence-electron chi connectivity index (χ3n) is 8.01. The zero-order valence-electron chi connectivity index (χ0n) is 23.5. The standard InChI is InChI=1S/C30H43N3O4S/c1-29(2,3)37-28(34)33-21-24-16-18-32(20-25(24)22-33)19-17-30(4,26-12-8-6-9-13-26)23-31(5)38(35,36)27-14-10-7-11-15-27/h6-15,24-25H,16-23H2,1-5H3/t24-,25?,30+/m0/s1. The first-order valence-corrected chi connectivity index (χ1v) is 15.1. The van der Waals surface area contributed by atoms with Crippen molar-refractivity contribution in [2.75, 3.05) is 46.3 Å². The summed E-state index contributed by atoms with van der Waals surface area (Å²) in [5.74, 6) is 0.960. The number of amides is 1. The molecule has 38 heavy (non-hydrogen) atoms. The maximum absolute atomic E-state index is 13.3. The molecule has 0 aromatic heterocycles. The van der Waals surface area contributed by atoms with E-state index in [-0.39, 0.29) is 11.5 Å². The molecule has 0 N–H and O–H groups in total. The Bertz CT molecular complexity index is 1180. The van der Waals surface area contributed by atoms with E-state index >= 15 is 0 Å². The fourth-order valence-corrected chi connectivity index (χ4v) is 7.15. The number of nitrogens with zero attached hydrogens (tertiary/aromatic N) is 3. The molecule has 7 nitrogen and oxygen atoms in total. The molecule has 3 atom stereocenters. The number of carbonyl (C=O) groups is 1. The van der Waals surface area contributed by atoms with Crippen LogP contribution < -0.4 is 0 Å². The lowest BCUT2D eigenvalue weighted by Crippen LogP contribution is -2.45. The van der Waals surface area contributed by atoms with Crippen molar-refractivity contribution in [2.24, 2.45) is 11.8 Å². The van der Waals surface area contributed by atoms with Crippen LogP contribution in [0, 0.1) is 11.8 Å². The predicted octanol–water partition coefficient (Wildman–Crippen LogP) is 4.84. The summed E-state index contributed by atoms with van der Waals surface area (Å²) in [4.78, 5) is 17.3. The minimum absolute atomic E-state index is 0.210. The van der Waals surface area contributed by atoms with E-state index in [0.29, 0.717) is 23.3 Å². The van der Waals surface area contributed by atoms with Crippen molar-refractivity contribution in [3.63, 3.8) is 0 Å². The monoisotopic (exact) mass is 541 g/mol. The Balaban J connectivity index is 1.42. The zero-order chi connectivity index (χ0) is 27.6. The van der Waals surface area contributed by atoms with Gasteiger partial charge in [0, 0.05) is 38.6 Å². The van der Waals surface area contributed by atoms with Gasteiger partial charge in [-0.1, -0.05) is 55.5 Å². The lowest BCUT2D eigenvalue weighted by Gasteiger charge is -2.39. The highest BCUT2D eigenvalue weighted by Crippen LogP contribution is 2.35. The second kappa shape index (κ2) is 11.4. The summed E-state index contributed by atoms with van der Waals surface area (Å²) in [5.41, 5.74) is 0.300. The van der Waals surface area contributed by atoms with Crippen LogP contribution in [0.4, 0.5) is 4.79 Å². The SMILES string of the molecule is CN(C[C@@](C)(CCN1CC[C@H]2CN(C(=O)OC(C)(C)C)CC2C1)c1ccccc1)S(=O)(=O)c1ccccc1. The minimum Gasteiger partial charge on any atom is -0.444 e. The summed E-state index contributed by atoms with van der Waals surface area (Å²) >= 11 is 0. The molecule has 2 aliphatic rings. The first-order chi connectivity index (χ1) is 17.9. The van der Waals surface area contributed by atoms with Crippen molar-refractivity contribution in [2.45, 2.75) is 56.4 Å². The second-order valence-electron chi connectivity index (χ2n) is 12.2. The molecule has 0 aliphatic carbocycles. The van der Waals surface area contributed by atoms with Gasteiger partial charge < -0.3 is 14.5 Å². The number of hydrogen-bond donors (Lipinski definition) is 0. The van der Waals surface area contributed by atoms with Gasteiger partial charge in [0.25, 0.3) is 0 Å². The molecule has 2 saturated heterocycles. The number of likely N-dealkylation sites (tertiary alicyclic amines) is 2. The third kappa shape index (κ3) is 6.77. The molecule has 0 radical (unpaired) electrons. The van der Waals surface area contributed by atoms with Crippen LogP contribution in [-0.4, -0.2) is 80.5 Å². The minimum atomic E-state index is -3.59. The number of hydrogen-bond acceptors (Lipinski definition) is 5. The van der Waals surface area contributed by atoms with Gasteiger partial charge in [-0.05, 0) is 76.2 Å². The van der Waals surface area contributed by atoms with Gasteiger partial charge in [-0.2, -0.15) is 0 Å². The summed E-state index contributed by atoms with van der Waals surface area (Å²) < 4.78 is 33.7. The molecule has 0 bridgehead atoms. The highest BCUT2D eigenvalue weighted by molar-refractivity contribution is 7.89. The predicted molar refractivity (Wildman–Crippen MR) is 151 cm³/mol. The van der Waals surface area contributed by atoms with Gasteiger partial charge in [-0.25, -0.2) is 17.5 Å². The maximum atomic E-state index is 13.3. The fraction of sp³-hybridized carbons (Fsp3) is 0.567. The molecule has 1 unspecified atom stereocenters. The lowest BCUT2D eigenvalue weighted by atomic mass is 9.78. The van der Waals surface area contributed by atoms with Crippen LogP contribution in [0.25, 0.3) is 0 Å². The number of benzene rings is 2. The number of fused-ring (bicyclic) bond motifs is 1. The summed E-state index contributed by atoms with van der Waals surface area (Å²) in [7, 11) is -1.91. The zero-order valence-corrected chi connectivity index (χ0v) is 24.3. The molecule has 0 spiro atoms. The van der Waals surface area contributed by atoms with Crippen LogP contribution in [0.5, 0.6) is 0 Å². The van der Waals surface area contributed by atoms with E-state index in [9.17, 15) is 13.2 Å². The largest absolute Gasteiger partial charge is 0.444 e. The Morgan fingerprint density at radius 1 is 0.947 bits per heavy atom. The first-order valence-electron chi connectivity index (χ1n) is 13.6.